The highest BCUT2D eigenvalue weighted by atomic mass is 16.6. The van der Waals surface area contributed by atoms with E-state index in [9.17, 15) is 14.4 Å². The van der Waals surface area contributed by atoms with Crippen LogP contribution in [0.1, 0.15) is 33.3 Å². The van der Waals surface area contributed by atoms with Crippen LogP contribution in [0.3, 0.4) is 0 Å². The number of Topliss-reactive ketones (excluding diaryl/α,β-unsaturated/α-hetero) is 1. The molecule has 0 radical (unpaired) electrons. The molecule has 120 valence electrons. The average Bonchev–Trinajstić information content (AvgIpc) is 2.41. The Morgan fingerprint density at radius 3 is 2.23 bits per heavy atom. The van der Waals surface area contributed by atoms with Crippen molar-refractivity contribution in [3.63, 3.8) is 0 Å². The van der Waals surface area contributed by atoms with E-state index in [2.05, 4.69) is 5.32 Å². The zero-order valence-electron chi connectivity index (χ0n) is 13.2. The number of rotatable bonds is 5. The number of nitrogens with one attached hydrogen (secondary N) is 1. The van der Waals surface area contributed by atoms with Gasteiger partial charge in [0.2, 0.25) is 0 Å². The van der Waals surface area contributed by atoms with Gasteiger partial charge in [0.25, 0.3) is 0 Å². The standard InChI is InChI=1S/C16H21NO5/c1-11(18)13(17-15(20)22-16(2,3)4)14(19)21-10-12-8-6-5-7-9-12/h5-9,13H,10H2,1-4H3,(H,17,20)/t13-/m0/s1. The van der Waals surface area contributed by atoms with E-state index < -0.39 is 29.5 Å². The number of benzene rings is 1. The van der Waals surface area contributed by atoms with E-state index >= 15 is 0 Å². The molecule has 22 heavy (non-hydrogen) atoms. The normalized spacial score (nSPS) is 12.2. The van der Waals surface area contributed by atoms with Gasteiger partial charge in [-0.2, -0.15) is 0 Å². The van der Waals surface area contributed by atoms with Gasteiger partial charge in [-0.05, 0) is 33.3 Å². The summed E-state index contributed by atoms with van der Waals surface area (Å²) in [6.07, 6.45) is -0.843. The molecule has 0 saturated carbocycles. The first-order valence-electron chi connectivity index (χ1n) is 6.89. The van der Waals surface area contributed by atoms with E-state index in [0.29, 0.717) is 0 Å². The maximum absolute atomic E-state index is 11.9. The summed E-state index contributed by atoms with van der Waals surface area (Å²) in [5.74, 6) is -1.34. The summed E-state index contributed by atoms with van der Waals surface area (Å²) in [4.78, 5) is 35.1. The van der Waals surface area contributed by atoms with Crippen LogP contribution in [0.5, 0.6) is 0 Å². The largest absolute Gasteiger partial charge is 0.459 e. The number of ether oxygens (including phenoxy) is 2. The van der Waals surface area contributed by atoms with Crippen LogP contribution in [0.2, 0.25) is 0 Å². The van der Waals surface area contributed by atoms with Gasteiger partial charge in [0.15, 0.2) is 11.8 Å². The molecule has 0 heterocycles. The zero-order valence-corrected chi connectivity index (χ0v) is 13.2. The Balaban J connectivity index is 2.60. The van der Waals surface area contributed by atoms with Crippen LogP contribution >= 0.6 is 0 Å². The smallest absolute Gasteiger partial charge is 0.408 e. The number of hydrogen-bond acceptors (Lipinski definition) is 5. The van der Waals surface area contributed by atoms with Gasteiger partial charge >= 0.3 is 12.1 Å². The molecule has 0 aliphatic heterocycles. The van der Waals surface area contributed by atoms with Crippen molar-refractivity contribution < 1.29 is 23.9 Å². The lowest BCUT2D eigenvalue weighted by atomic mass is 10.2. The number of carbonyl (C=O) groups excluding carboxylic acids is 3. The first kappa shape index (κ1) is 17.7. The fourth-order valence-electron chi connectivity index (χ4n) is 1.56. The van der Waals surface area contributed by atoms with Crippen molar-refractivity contribution in [1.29, 1.82) is 0 Å². The minimum atomic E-state index is -1.38. The second kappa shape index (κ2) is 7.59. The van der Waals surface area contributed by atoms with Crippen molar-refractivity contribution in [1.82, 2.24) is 5.32 Å². The van der Waals surface area contributed by atoms with Gasteiger partial charge in [-0.15, -0.1) is 0 Å². The van der Waals surface area contributed by atoms with Crippen LogP contribution in [0.15, 0.2) is 30.3 Å². The molecule has 0 aromatic heterocycles. The number of hydrogen-bond donors (Lipinski definition) is 1. The van der Waals surface area contributed by atoms with Crippen LogP contribution in [0.25, 0.3) is 0 Å². The van der Waals surface area contributed by atoms with E-state index in [1.54, 1.807) is 32.9 Å². The summed E-state index contributed by atoms with van der Waals surface area (Å²) < 4.78 is 10.1. The maximum Gasteiger partial charge on any atom is 0.408 e. The Bertz CT molecular complexity index is 533. The van der Waals surface area contributed by atoms with Crippen molar-refractivity contribution in [2.24, 2.45) is 0 Å². The molecule has 1 N–H and O–H groups in total. The van der Waals surface area contributed by atoms with Crippen molar-refractivity contribution in [2.75, 3.05) is 0 Å². The van der Waals surface area contributed by atoms with Crippen LogP contribution < -0.4 is 5.32 Å². The highest BCUT2D eigenvalue weighted by Crippen LogP contribution is 2.08. The topological polar surface area (TPSA) is 81.7 Å². The van der Waals surface area contributed by atoms with E-state index in [1.807, 2.05) is 18.2 Å². The molecule has 6 heteroatoms. The zero-order chi connectivity index (χ0) is 16.8. The molecule has 0 bridgehead atoms. The summed E-state index contributed by atoms with van der Waals surface area (Å²) in [6, 6.07) is 7.66. The Labute approximate surface area is 129 Å². The molecule has 1 atom stereocenters. The second-order valence-electron chi connectivity index (χ2n) is 5.78. The fraction of sp³-hybridized carbons (Fsp3) is 0.438. The lowest BCUT2D eigenvalue weighted by molar-refractivity contribution is -0.150. The van der Waals surface area contributed by atoms with Crippen molar-refractivity contribution >= 4 is 17.8 Å². The summed E-state index contributed by atoms with van der Waals surface area (Å²) >= 11 is 0. The van der Waals surface area contributed by atoms with E-state index in [1.165, 1.54) is 6.92 Å². The van der Waals surface area contributed by atoms with Crippen LogP contribution in [-0.4, -0.2) is 29.5 Å². The molecule has 1 aromatic rings. The predicted molar refractivity (Wildman–Crippen MR) is 80.1 cm³/mol. The second-order valence-corrected chi connectivity index (χ2v) is 5.78. The number of ketones is 1. The monoisotopic (exact) mass is 307 g/mol. The van der Waals surface area contributed by atoms with Crippen molar-refractivity contribution in [3.8, 4) is 0 Å². The van der Waals surface area contributed by atoms with Crippen LogP contribution in [-0.2, 0) is 25.7 Å². The minimum Gasteiger partial charge on any atom is -0.459 e. The van der Waals surface area contributed by atoms with Crippen LogP contribution in [0.4, 0.5) is 4.79 Å². The molecule has 0 fully saturated rings. The molecule has 0 aliphatic rings. The SMILES string of the molecule is CC(=O)[C@H](NC(=O)OC(C)(C)C)C(=O)OCc1ccccc1. The number of alkyl carbamates (subject to hydrolysis) is 1. The molecule has 6 nitrogen and oxygen atoms in total. The summed E-state index contributed by atoms with van der Waals surface area (Å²) in [6.45, 7) is 6.28. The Hall–Kier alpha value is -2.37. The number of carbonyl (C=O) groups is 3. The molecule has 1 amide bonds. The molecular formula is C16H21NO5. The van der Waals surface area contributed by atoms with E-state index in [-0.39, 0.29) is 6.61 Å². The first-order chi connectivity index (χ1) is 10.2. The third-order valence-electron chi connectivity index (χ3n) is 2.53. The first-order valence-corrected chi connectivity index (χ1v) is 6.89. The third-order valence-corrected chi connectivity index (χ3v) is 2.53. The molecule has 1 rings (SSSR count). The third kappa shape index (κ3) is 6.39. The van der Waals surface area contributed by atoms with Crippen molar-refractivity contribution in [3.05, 3.63) is 35.9 Å². The van der Waals surface area contributed by atoms with Gasteiger partial charge in [-0.3, -0.25) is 4.79 Å². The number of amides is 1. The van der Waals surface area contributed by atoms with Gasteiger partial charge in [0, 0.05) is 0 Å². The van der Waals surface area contributed by atoms with Gasteiger partial charge in [-0.25, -0.2) is 9.59 Å². The minimum absolute atomic E-state index is 0.0272. The maximum atomic E-state index is 11.9. The Kier molecular flexibility index (Phi) is 6.10. The Morgan fingerprint density at radius 2 is 1.73 bits per heavy atom. The predicted octanol–water partition coefficient (Wildman–Crippen LogP) is 2.21. The van der Waals surface area contributed by atoms with Gasteiger partial charge in [-0.1, -0.05) is 30.3 Å². The molecule has 1 aromatic carbocycles. The highest BCUT2D eigenvalue weighted by Gasteiger charge is 2.29. The van der Waals surface area contributed by atoms with Gasteiger partial charge < -0.3 is 14.8 Å². The molecule has 0 aliphatic carbocycles. The van der Waals surface area contributed by atoms with Crippen LogP contribution in [0, 0.1) is 0 Å². The van der Waals surface area contributed by atoms with Gasteiger partial charge in [0.05, 0.1) is 0 Å². The Morgan fingerprint density at radius 1 is 1.14 bits per heavy atom. The lowest BCUT2D eigenvalue weighted by Crippen LogP contribution is -2.48. The van der Waals surface area contributed by atoms with E-state index in [0.717, 1.165) is 5.56 Å². The fourth-order valence-corrected chi connectivity index (χ4v) is 1.56. The van der Waals surface area contributed by atoms with E-state index in [4.69, 9.17) is 9.47 Å². The molecule has 0 spiro atoms. The molecule has 0 saturated heterocycles. The average molecular weight is 307 g/mol. The van der Waals surface area contributed by atoms with Crippen molar-refractivity contribution in [2.45, 2.75) is 45.9 Å². The highest BCUT2D eigenvalue weighted by molar-refractivity contribution is 6.04. The quantitative estimate of drug-likeness (QED) is 0.666. The lowest BCUT2D eigenvalue weighted by Gasteiger charge is -2.21. The summed E-state index contributed by atoms with van der Waals surface area (Å²) in [7, 11) is 0. The number of esters is 1. The summed E-state index contributed by atoms with van der Waals surface area (Å²) in [5, 5.41) is 2.22. The molecular weight excluding hydrogens is 286 g/mol. The van der Waals surface area contributed by atoms with Gasteiger partial charge in [0.1, 0.15) is 12.2 Å². The molecule has 0 unspecified atom stereocenters. The summed E-state index contributed by atoms with van der Waals surface area (Å²) in [5.41, 5.74) is 0.0646.